The van der Waals surface area contributed by atoms with E-state index < -0.39 is 51.4 Å². The van der Waals surface area contributed by atoms with Crippen molar-refractivity contribution in [3.05, 3.63) is 53.8 Å². The smallest absolute Gasteiger partial charge is 0.374 e. The number of nitrogens with one attached hydrogen (secondary N) is 1. The van der Waals surface area contributed by atoms with Crippen LogP contribution in [0.2, 0.25) is 0 Å². The van der Waals surface area contributed by atoms with Crippen LogP contribution >= 0.6 is 0 Å². The van der Waals surface area contributed by atoms with E-state index in [4.69, 9.17) is 14.3 Å². The fraction of sp³-hybridized carbons (Fsp3) is 0.235. The van der Waals surface area contributed by atoms with Crippen molar-refractivity contribution in [2.75, 3.05) is 13.7 Å². The lowest BCUT2D eigenvalue weighted by atomic mass is 10.1. The van der Waals surface area contributed by atoms with Crippen LogP contribution in [-0.2, 0) is 35.5 Å². The van der Waals surface area contributed by atoms with Gasteiger partial charge in [0.1, 0.15) is 6.04 Å². The van der Waals surface area contributed by atoms with E-state index >= 15 is 0 Å². The Labute approximate surface area is 160 Å². The van der Waals surface area contributed by atoms with Crippen LogP contribution in [0.5, 0.6) is 0 Å². The number of primary sulfonamides is 1. The topological polar surface area (TPSA) is 155 Å². The quantitative estimate of drug-likeness (QED) is 0.576. The van der Waals surface area contributed by atoms with Gasteiger partial charge in [0.2, 0.25) is 10.9 Å². The van der Waals surface area contributed by atoms with Gasteiger partial charge in [-0.1, -0.05) is 30.3 Å². The van der Waals surface area contributed by atoms with Crippen LogP contribution in [0.15, 0.2) is 52.0 Å². The zero-order valence-corrected chi connectivity index (χ0v) is 15.6. The highest BCUT2D eigenvalue weighted by Gasteiger charge is 2.24. The van der Waals surface area contributed by atoms with Crippen LogP contribution in [0.3, 0.4) is 0 Å². The number of rotatable bonds is 8. The molecule has 2 aromatic rings. The van der Waals surface area contributed by atoms with Crippen molar-refractivity contribution in [1.29, 1.82) is 0 Å². The van der Waals surface area contributed by atoms with Crippen molar-refractivity contribution in [2.24, 2.45) is 5.14 Å². The number of methoxy groups -OCH3 is 1. The molecular weight excluding hydrogens is 392 g/mol. The number of sulfonamides is 1. The summed E-state index contributed by atoms with van der Waals surface area (Å²) in [5.74, 6) is -2.92. The molecule has 1 heterocycles. The molecule has 0 radical (unpaired) electrons. The number of carbonyl (C=O) groups is 3. The first-order chi connectivity index (χ1) is 13.2. The van der Waals surface area contributed by atoms with E-state index in [2.05, 4.69) is 10.1 Å². The van der Waals surface area contributed by atoms with Crippen molar-refractivity contribution in [3.8, 4) is 0 Å². The number of ether oxygens (including phenoxy) is 2. The molecule has 150 valence electrons. The lowest BCUT2D eigenvalue weighted by molar-refractivity contribution is -0.145. The standard InChI is InChI=1S/C17H18N2O8S/c1-25-16(21)12(9-11-5-3-2-4-6-11)19-14(20)10-26-17(22)13-7-8-15(27-13)28(18,23)24/h2-8,12H,9-10H2,1H3,(H,19,20)(H2,18,23,24). The van der Waals surface area contributed by atoms with Gasteiger partial charge in [-0.25, -0.2) is 23.1 Å². The second kappa shape index (κ2) is 9.15. The highest BCUT2D eigenvalue weighted by Crippen LogP contribution is 2.13. The molecule has 0 aliphatic carbocycles. The molecule has 1 aromatic carbocycles. The molecule has 0 bridgehead atoms. The Bertz CT molecular complexity index is 953. The molecule has 0 aliphatic heterocycles. The van der Waals surface area contributed by atoms with Gasteiger partial charge in [0.15, 0.2) is 6.61 Å². The van der Waals surface area contributed by atoms with Crippen molar-refractivity contribution in [3.63, 3.8) is 0 Å². The van der Waals surface area contributed by atoms with Gasteiger partial charge in [0.25, 0.3) is 15.9 Å². The van der Waals surface area contributed by atoms with E-state index in [9.17, 15) is 22.8 Å². The maximum atomic E-state index is 12.0. The fourth-order valence-electron chi connectivity index (χ4n) is 2.21. The molecule has 0 saturated heterocycles. The van der Waals surface area contributed by atoms with Gasteiger partial charge >= 0.3 is 11.9 Å². The van der Waals surface area contributed by atoms with E-state index in [0.29, 0.717) is 0 Å². The first-order valence-corrected chi connectivity index (χ1v) is 9.46. The van der Waals surface area contributed by atoms with Crippen molar-refractivity contribution >= 4 is 27.9 Å². The zero-order valence-electron chi connectivity index (χ0n) is 14.8. The van der Waals surface area contributed by atoms with Crippen molar-refractivity contribution in [2.45, 2.75) is 17.6 Å². The van der Waals surface area contributed by atoms with Crippen molar-refractivity contribution < 1.29 is 36.7 Å². The van der Waals surface area contributed by atoms with E-state index in [1.807, 2.05) is 6.07 Å². The third kappa shape index (κ3) is 5.93. The molecule has 0 saturated carbocycles. The molecule has 0 spiro atoms. The third-order valence-electron chi connectivity index (χ3n) is 3.50. The number of amides is 1. The molecule has 1 aromatic heterocycles. The number of hydrogen-bond donors (Lipinski definition) is 2. The molecule has 1 atom stereocenters. The van der Waals surface area contributed by atoms with Gasteiger partial charge in [-0.15, -0.1) is 0 Å². The van der Waals surface area contributed by atoms with Gasteiger partial charge in [0, 0.05) is 6.42 Å². The summed E-state index contributed by atoms with van der Waals surface area (Å²) in [7, 11) is -2.92. The minimum atomic E-state index is -4.11. The number of esters is 2. The van der Waals surface area contributed by atoms with Crippen LogP contribution in [0.1, 0.15) is 16.1 Å². The third-order valence-corrected chi connectivity index (χ3v) is 4.28. The second-order valence-corrected chi connectivity index (χ2v) is 7.07. The fourth-order valence-corrected chi connectivity index (χ4v) is 2.67. The average molecular weight is 410 g/mol. The molecule has 2 rings (SSSR count). The summed E-state index contributed by atoms with van der Waals surface area (Å²) in [5.41, 5.74) is 0.793. The average Bonchev–Trinajstić information content (AvgIpc) is 3.16. The van der Waals surface area contributed by atoms with Crippen LogP contribution < -0.4 is 10.5 Å². The Morgan fingerprint density at radius 3 is 2.39 bits per heavy atom. The minimum Gasteiger partial charge on any atom is -0.467 e. The second-order valence-electron chi connectivity index (χ2n) is 5.57. The Balaban J connectivity index is 1.94. The minimum absolute atomic E-state index is 0.184. The van der Waals surface area contributed by atoms with E-state index in [-0.39, 0.29) is 6.42 Å². The molecule has 10 nitrogen and oxygen atoms in total. The Morgan fingerprint density at radius 1 is 1.14 bits per heavy atom. The highest BCUT2D eigenvalue weighted by atomic mass is 32.2. The van der Waals surface area contributed by atoms with E-state index in [1.54, 1.807) is 24.3 Å². The Kier molecular flexibility index (Phi) is 6.90. The normalized spacial score (nSPS) is 12.1. The van der Waals surface area contributed by atoms with Gasteiger partial charge in [0.05, 0.1) is 7.11 Å². The van der Waals surface area contributed by atoms with Crippen LogP contribution in [0.4, 0.5) is 0 Å². The lowest BCUT2D eigenvalue weighted by Gasteiger charge is -2.16. The maximum Gasteiger partial charge on any atom is 0.374 e. The molecule has 3 N–H and O–H groups in total. The van der Waals surface area contributed by atoms with Gasteiger partial charge in [-0.3, -0.25) is 4.79 Å². The zero-order chi connectivity index (χ0) is 20.7. The molecular formula is C17H18N2O8S. The molecule has 0 fully saturated rings. The van der Waals surface area contributed by atoms with Crippen molar-refractivity contribution in [1.82, 2.24) is 5.32 Å². The van der Waals surface area contributed by atoms with Gasteiger partial charge in [-0.05, 0) is 17.7 Å². The van der Waals surface area contributed by atoms with E-state index in [0.717, 1.165) is 17.7 Å². The first-order valence-electron chi connectivity index (χ1n) is 7.91. The SMILES string of the molecule is COC(=O)C(Cc1ccccc1)NC(=O)COC(=O)c1ccc(S(N)(=O)=O)o1. The summed E-state index contributed by atoms with van der Waals surface area (Å²) < 4.78 is 36.4. The Morgan fingerprint density at radius 2 is 1.82 bits per heavy atom. The molecule has 1 unspecified atom stereocenters. The summed E-state index contributed by atoms with van der Waals surface area (Å²) in [4.78, 5) is 35.7. The highest BCUT2D eigenvalue weighted by molar-refractivity contribution is 7.89. The van der Waals surface area contributed by atoms with Crippen LogP contribution in [0, 0.1) is 0 Å². The number of nitrogens with two attached hydrogens (primary N) is 1. The summed E-state index contributed by atoms with van der Waals surface area (Å²) in [6.07, 6.45) is 0.184. The predicted octanol–water partition coefficient (Wildman–Crippen LogP) is -0.0157. The van der Waals surface area contributed by atoms with Crippen LogP contribution in [-0.4, -0.2) is 46.0 Å². The largest absolute Gasteiger partial charge is 0.467 e. The Hall–Kier alpha value is -3.18. The summed E-state index contributed by atoms with van der Waals surface area (Å²) in [6.45, 7) is -0.716. The summed E-state index contributed by atoms with van der Waals surface area (Å²) >= 11 is 0. The van der Waals surface area contributed by atoms with E-state index in [1.165, 1.54) is 7.11 Å². The maximum absolute atomic E-state index is 12.0. The monoisotopic (exact) mass is 410 g/mol. The van der Waals surface area contributed by atoms with Gasteiger partial charge in [-0.2, -0.15) is 0 Å². The molecule has 0 aliphatic rings. The molecule has 11 heteroatoms. The lowest BCUT2D eigenvalue weighted by Crippen LogP contribution is -2.44. The summed E-state index contributed by atoms with van der Waals surface area (Å²) in [5, 5.41) is 6.67. The molecule has 1 amide bonds. The number of furan rings is 1. The number of benzene rings is 1. The van der Waals surface area contributed by atoms with Gasteiger partial charge < -0.3 is 19.2 Å². The number of carbonyl (C=O) groups excluding carboxylic acids is 3. The summed E-state index contributed by atoms with van der Waals surface area (Å²) in [6, 6.07) is 10.00. The first kappa shape index (κ1) is 21.1. The predicted molar refractivity (Wildman–Crippen MR) is 94.5 cm³/mol. The molecule has 28 heavy (non-hydrogen) atoms. The van der Waals surface area contributed by atoms with Crippen LogP contribution in [0.25, 0.3) is 0 Å². The number of hydrogen-bond acceptors (Lipinski definition) is 8.